The second-order valence-electron chi connectivity index (χ2n) is 5.94. The highest BCUT2D eigenvalue weighted by Gasteiger charge is 2.36. The second-order valence-corrected chi connectivity index (χ2v) is 8.49. The van der Waals surface area contributed by atoms with Gasteiger partial charge in [-0.3, -0.25) is 0 Å². The van der Waals surface area contributed by atoms with Crippen LogP contribution in [0.25, 0.3) is 0 Å². The van der Waals surface area contributed by atoms with Gasteiger partial charge in [0.05, 0.1) is 6.10 Å². The molecular formula is C15H23Cl2NOSi. The number of hydrogen-bond acceptors (Lipinski definition) is 2. The Morgan fingerprint density at radius 2 is 2.00 bits per heavy atom. The lowest BCUT2D eigenvalue weighted by molar-refractivity contribution is 0.209. The van der Waals surface area contributed by atoms with Crippen LogP contribution in [0.1, 0.15) is 38.4 Å². The Morgan fingerprint density at radius 1 is 1.35 bits per heavy atom. The third-order valence-electron chi connectivity index (χ3n) is 3.83. The summed E-state index contributed by atoms with van der Waals surface area (Å²) in [5.74, 6) is 0. The van der Waals surface area contributed by atoms with Crippen molar-refractivity contribution < 1.29 is 4.43 Å². The summed E-state index contributed by atoms with van der Waals surface area (Å²) in [6.45, 7) is 6.31. The standard InChI is InChI=1S/C15H23Cl2NOSi/c1-3-20-19-13(9-18-10-15(2)7-8-15)14-11(16)5-4-6-12(14)17/h4-6,13,18H,3,7-10,20H2,1-2H3. The first-order chi connectivity index (χ1) is 9.56. The van der Waals surface area contributed by atoms with E-state index in [0.29, 0.717) is 15.5 Å². The Balaban J connectivity index is 2.01. The van der Waals surface area contributed by atoms with Crippen LogP contribution in [0.4, 0.5) is 0 Å². The van der Waals surface area contributed by atoms with E-state index in [1.54, 1.807) is 0 Å². The zero-order valence-electron chi connectivity index (χ0n) is 12.2. The van der Waals surface area contributed by atoms with E-state index in [-0.39, 0.29) is 6.10 Å². The number of rotatable bonds is 8. The molecule has 1 saturated carbocycles. The lowest BCUT2D eigenvalue weighted by atomic mass is 10.1. The van der Waals surface area contributed by atoms with Crippen molar-refractivity contribution >= 4 is 33.0 Å². The molecule has 0 amide bonds. The van der Waals surface area contributed by atoms with Crippen molar-refractivity contribution in [1.82, 2.24) is 5.32 Å². The van der Waals surface area contributed by atoms with Crippen LogP contribution in [-0.4, -0.2) is 22.9 Å². The van der Waals surface area contributed by atoms with Gasteiger partial charge in [0.2, 0.25) is 0 Å². The number of nitrogens with one attached hydrogen (secondary N) is 1. The van der Waals surface area contributed by atoms with Crippen molar-refractivity contribution in [3.05, 3.63) is 33.8 Å². The highest BCUT2D eigenvalue weighted by Crippen LogP contribution is 2.44. The summed E-state index contributed by atoms with van der Waals surface area (Å²) in [6.07, 6.45) is 2.62. The molecule has 0 bridgehead atoms. The van der Waals surface area contributed by atoms with Gasteiger partial charge in [-0.15, -0.1) is 0 Å². The highest BCUT2D eigenvalue weighted by molar-refractivity contribution is 6.36. The maximum atomic E-state index is 6.31. The van der Waals surface area contributed by atoms with E-state index < -0.39 is 9.76 Å². The average molecular weight is 332 g/mol. The fraction of sp³-hybridized carbons (Fsp3) is 0.600. The molecule has 2 rings (SSSR count). The molecule has 20 heavy (non-hydrogen) atoms. The first-order valence-corrected chi connectivity index (χ1v) is 9.65. The Bertz CT molecular complexity index is 431. The fourth-order valence-electron chi connectivity index (χ4n) is 2.22. The van der Waals surface area contributed by atoms with Crippen LogP contribution in [0.5, 0.6) is 0 Å². The molecule has 0 aliphatic heterocycles. The molecule has 2 nitrogen and oxygen atoms in total. The minimum Gasteiger partial charge on any atom is -0.416 e. The zero-order chi connectivity index (χ0) is 14.6. The van der Waals surface area contributed by atoms with Gasteiger partial charge in [-0.25, -0.2) is 0 Å². The van der Waals surface area contributed by atoms with Gasteiger partial charge in [0, 0.05) is 28.7 Å². The smallest absolute Gasteiger partial charge is 0.162 e. The van der Waals surface area contributed by atoms with Gasteiger partial charge < -0.3 is 9.74 Å². The summed E-state index contributed by atoms with van der Waals surface area (Å²) >= 11 is 12.6. The molecule has 1 unspecified atom stereocenters. The maximum absolute atomic E-state index is 6.31. The molecule has 1 aliphatic carbocycles. The molecule has 1 aromatic rings. The van der Waals surface area contributed by atoms with Gasteiger partial charge in [0.25, 0.3) is 0 Å². The summed E-state index contributed by atoms with van der Waals surface area (Å²) in [5, 5.41) is 4.93. The van der Waals surface area contributed by atoms with E-state index >= 15 is 0 Å². The van der Waals surface area contributed by atoms with Crippen molar-refractivity contribution in [1.29, 1.82) is 0 Å². The third kappa shape index (κ3) is 4.47. The fourth-order valence-corrected chi connectivity index (χ4v) is 3.66. The number of halogens is 2. The Kier molecular flexibility index (Phi) is 5.93. The predicted octanol–water partition coefficient (Wildman–Crippen LogP) is 3.96. The molecule has 1 aromatic carbocycles. The lowest BCUT2D eigenvalue weighted by Crippen LogP contribution is -2.29. The van der Waals surface area contributed by atoms with E-state index in [0.717, 1.165) is 24.7 Å². The van der Waals surface area contributed by atoms with Crippen molar-refractivity contribution in [3.8, 4) is 0 Å². The van der Waals surface area contributed by atoms with Crippen LogP contribution >= 0.6 is 23.2 Å². The molecule has 112 valence electrons. The molecule has 1 atom stereocenters. The van der Waals surface area contributed by atoms with Crippen molar-refractivity contribution in [3.63, 3.8) is 0 Å². The van der Waals surface area contributed by atoms with Crippen LogP contribution < -0.4 is 5.32 Å². The molecular weight excluding hydrogens is 309 g/mol. The summed E-state index contributed by atoms with van der Waals surface area (Å²) in [6, 6.07) is 6.76. The predicted molar refractivity (Wildman–Crippen MR) is 89.5 cm³/mol. The summed E-state index contributed by atoms with van der Waals surface area (Å²) in [4.78, 5) is 0. The molecule has 1 fully saturated rings. The topological polar surface area (TPSA) is 21.3 Å². The molecule has 0 spiro atoms. The largest absolute Gasteiger partial charge is 0.416 e. The molecule has 0 saturated heterocycles. The van der Waals surface area contributed by atoms with E-state index in [4.69, 9.17) is 27.6 Å². The SMILES string of the molecule is CC[SiH2]OC(CNCC1(C)CC1)c1c(Cl)cccc1Cl. The van der Waals surface area contributed by atoms with E-state index in [1.807, 2.05) is 18.2 Å². The first kappa shape index (κ1) is 16.3. The van der Waals surface area contributed by atoms with Crippen LogP contribution in [0.2, 0.25) is 16.1 Å². The molecule has 0 aromatic heterocycles. The van der Waals surface area contributed by atoms with Crippen molar-refractivity contribution in [2.24, 2.45) is 5.41 Å². The summed E-state index contributed by atoms with van der Waals surface area (Å²) in [7, 11) is -0.505. The van der Waals surface area contributed by atoms with Crippen molar-refractivity contribution in [2.75, 3.05) is 13.1 Å². The molecule has 0 heterocycles. The second kappa shape index (κ2) is 7.28. The normalized spacial score (nSPS) is 18.6. The van der Waals surface area contributed by atoms with Gasteiger partial charge in [-0.1, -0.05) is 43.1 Å². The molecule has 5 heteroatoms. The molecule has 1 N–H and O–H groups in total. The average Bonchev–Trinajstić information content (AvgIpc) is 3.13. The van der Waals surface area contributed by atoms with Crippen LogP contribution in [0.3, 0.4) is 0 Å². The van der Waals surface area contributed by atoms with Crippen molar-refractivity contribution in [2.45, 2.75) is 38.8 Å². The lowest BCUT2D eigenvalue weighted by Gasteiger charge is -2.22. The highest BCUT2D eigenvalue weighted by atomic mass is 35.5. The number of benzene rings is 1. The van der Waals surface area contributed by atoms with Gasteiger partial charge in [0.1, 0.15) is 0 Å². The minimum atomic E-state index is -0.505. The van der Waals surface area contributed by atoms with Crippen LogP contribution in [0, 0.1) is 5.41 Å². The monoisotopic (exact) mass is 331 g/mol. The van der Waals surface area contributed by atoms with E-state index in [2.05, 4.69) is 19.2 Å². The zero-order valence-corrected chi connectivity index (χ0v) is 15.1. The Hall–Kier alpha value is -0.0631. The molecule has 0 radical (unpaired) electrons. The third-order valence-corrected chi connectivity index (χ3v) is 5.54. The summed E-state index contributed by atoms with van der Waals surface area (Å²) in [5.41, 5.74) is 1.43. The van der Waals surface area contributed by atoms with Gasteiger partial charge >= 0.3 is 0 Å². The maximum Gasteiger partial charge on any atom is 0.162 e. The van der Waals surface area contributed by atoms with E-state index in [9.17, 15) is 0 Å². The minimum absolute atomic E-state index is 0.0230. The Labute approximate surface area is 134 Å². The number of hydrogen-bond donors (Lipinski definition) is 1. The van der Waals surface area contributed by atoms with E-state index in [1.165, 1.54) is 12.8 Å². The first-order valence-electron chi connectivity index (χ1n) is 7.32. The molecule has 1 aliphatic rings. The van der Waals surface area contributed by atoms with Crippen LogP contribution in [-0.2, 0) is 4.43 Å². The van der Waals surface area contributed by atoms with Gasteiger partial charge in [0.15, 0.2) is 9.76 Å². The quantitative estimate of drug-likeness (QED) is 0.728. The van der Waals surface area contributed by atoms with Gasteiger partial charge in [-0.05, 0) is 36.4 Å². The van der Waals surface area contributed by atoms with Gasteiger partial charge in [-0.2, -0.15) is 0 Å². The summed E-state index contributed by atoms with van der Waals surface area (Å²) < 4.78 is 6.08. The Morgan fingerprint density at radius 3 is 2.55 bits per heavy atom. The van der Waals surface area contributed by atoms with Crippen LogP contribution in [0.15, 0.2) is 18.2 Å².